The summed E-state index contributed by atoms with van der Waals surface area (Å²) >= 11 is 0. The highest BCUT2D eigenvalue weighted by atomic mass is 16.2. The number of benzene rings is 1. The van der Waals surface area contributed by atoms with Crippen molar-refractivity contribution in [1.29, 1.82) is 0 Å². The average molecular weight is 256 g/mol. The van der Waals surface area contributed by atoms with E-state index in [1.165, 1.54) is 27.7 Å². The summed E-state index contributed by atoms with van der Waals surface area (Å²) in [6.07, 6.45) is 2.53. The SMILES string of the molecule is CCCC(=O)N1CCc2[nH]c3cc(C)ccc3c2C1. The maximum atomic E-state index is 12.0. The lowest BCUT2D eigenvalue weighted by atomic mass is 10.0. The third kappa shape index (κ3) is 2.14. The van der Waals surface area contributed by atoms with E-state index in [1.54, 1.807) is 0 Å². The van der Waals surface area contributed by atoms with E-state index in [1.807, 2.05) is 4.90 Å². The van der Waals surface area contributed by atoms with Crippen LogP contribution in [0.3, 0.4) is 0 Å². The molecule has 19 heavy (non-hydrogen) atoms. The topological polar surface area (TPSA) is 36.1 Å². The molecule has 100 valence electrons. The van der Waals surface area contributed by atoms with E-state index >= 15 is 0 Å². The lowest BCUT2D eigenvalue weighted by molar-refractivity contribution is -0.132. The van der Waals surface area contributed by atoms with Crippen LogP contribution >= 0.6 is 0 Å². The van der Waals surface area contributed by atoms with Crippen molar-refractivity contribution in [3.63, 3.8) is 0 Å². The molecule has 0 radical (unpaired) electrons. The fourth-order valence-corrected chi connectivity index (χ4v) is 2.92. The molecule has 0 bridgehead atoms. The number of H-pyrrole nitrogens is 1. The number of nitrogens with zero attached hydrogens (tertiary/aromatic N) is 1. The fraction of sp³-hybridized carbons (Fsp3) is 0.438. The van der Waals surface area contributed by atoms with E-state index in [4.69, 9.17) is 0 Å². The molecule has 2 aromatic rings. The number of amides is 1. The van der Waals surface area contributed by atoms with Crippen molar-refractivity contribution < 1.29 is 4.79 Å². The number of carbonyl (C=O) groups excluding carboxylic acids is 1. The quantitative estimate of drug-likeness (QED) is 0.880. The Kier molecular flexibility index (Phi) is 3.05. The third-order valence-electron chi connectivity index (χ3n) is 3.95. The summed E-state index contributed by atoms with van der Waals surface area (Å²) in [6, 6.07) is 6.50. The van der Waals surface area contributed by atoms with Crippen LogP contribution in [0.5, 0.6) is 0 Å². The number of aromatic nitrogens is 1. The van der Waals surface area contributed by atoms with Gasteiger partial charge in [-0.1, -0.05) is 19.1 Å². The van der Waals surface area contributed by atoms with Crippen molar-refractivity contribution in [2.75, 3.05) is 6.54 Å². The van der Waals surface area contributed by atoms with Gasteiger partial charge in [0, 0.05) is 48.1 Å². The number of nitrogens with one attached hydrogen (secondary N) is 1. The minimum atomic E-state index is 0.287. The first kappa shape index (κ1) is 12.3. The van der Waals surface area contributed by atoms with Gasteiger partial charge in [0.25, 0.3) is 0 Å². The zero-order valence-corrected chi connectivity index (χ0v) is 11.6. The highest BCUT2D eigenvalue weighted by molar-refractivity contribution is 5.86. The number of aryl methyl sites for hydroxylation is 1. The summed E-state index contributed by atoms with van der Waals surface area (Å²) in [5.74, 6) is 0.287. The first-order chi connectivity index (χ1) is 9.19. The van der Waals surface area contributed by atoms with E-state index in [2.05, 4.69) is 37.0 Å². The van der Waals surface area contributed by atoms with Gasteiger partial charge in [-0.2, -0.15) is 0 Å². The Labute approximate surface area is 113 Å². The molecule has 3 heteroatoms. The molecular formula is C16H20N2O. The van der Waals surface area contributed by atoms with Crippen molar-refractivity contribution in [3.8, 4) is 0 Å². The molecule has 3 nitrogen and oxygen atoms in total. The van der Waals surface area contributed by atoms with Gasteiger partial charge in [-0.3, -0.25) is 4.79 Å². The Morgan fingerprint density at radius 2 is 2.26 bits per heavy atom. The minimum Gasteiger partial charge on any atom is -0.358 e. The molecule has 1 amide bonds. The van der Waals surface area contributed by atoms with Gasteiger partial charge in [0.1, 0.15) is 0 Å². The van der Waals surface area contributed by atoms with E-state index in [0.29, 0.717) is 6.42 Å². The molecule has 2 heterocycles. The molecule has 1 aliphatic rings. The number of aromatic amines is 1. The monoisotopic (exact) mass is 256 g/mol. The number of hydrogen-bond donors (Lipinski definition) is 1. The highest BCUT2D eigenvalue weighted by Gasteiger charge is 2.23. The summed E-state index contributed by atoms with van der Waals surface area (Å²) in [6.45, 7) is 5.77. The van der Waals surface area contributed by atoms with E-state index in [0.717, 1.165) is 25.9 Å². The van der Waals surface area contributed by atoms with Gasteiger partial charge in [0.05, 0.1) is 0 Å². The Morgan fingerprint density at radius 3 is 3.05 bits per heavy atom. The first-order valence-electron chi connectivity index (χ1n) is 7.07. The Morgan fingerprint density at radius 1 is 1.42 bits per heavy atom. The lowest BCUT2D eigenvalue weighted by Crippen LogP contribution is -2.35. The smallest absolute Gasteiger partial charge is 0.222 e. The summed E-state index contributed by atoms with van der Waals surface area (Å²) in [7, 11) is 0. The second-order valence-electron chi connectivity index (χ2n) is 5.45. The first-order valence-corrected chi connectivity index (χ1v) is 7.07. The normalized spacial score (nSPS) is 14.7. The molecule has 1 aromatic heterocycles. The third-order valence-corrected chi connectivity index (χ3v) is 3.95. The molecule has 1 aliphatic heterocycles. The summed E-state index contributed by atoms with van der Waals surface area (Å²) in [5.41, 5.74) is 5.09. The van der Waals surface area contributed by atoms with Crippen LogP contribution in [-0.4, -0.2) is 22.3 Å². The molecule has 0 unspecified atom stereocenters. The van der Waals surface area contributed by atoms with E-state index in [9.17, 15) is 4.79 Å². The molecule has 0 atom stereocenters. The number of fused-ring (bicyclic) bond motifs is 3. The summed E-state index contributed by atoms with van der Waals surface area (Å²) < 4.78 is 0. The van der Waals surface area contributed by atoms with Gasteiger partial charge in [-0.15, -0.1) is 0 Å². The zero-order valence-electron chi connectivity index (χ0n) is 11.6. The van der Waals surface area contributed by atoms with Crippen LogP contribution in [-0.2, 0) is 17.8 Å². The van der Waals surface area contributed by atoms with Crippen molar-refractivity contribution in [2.24, 2.45) is 0 Å². The van der Waals surface area contributed by atoms with Crippen LogP contribution < -0.4 is 0 Å². The molecule has 0 fully saturated rings. The number of carbonyl (C=O) groups is 1. The largest absolute Gasteiger partial charge is 0.358 e. The number of hydrogen-bond acceptors (Lipinski definition) is 1. The van der Waals surface area contributed by atoms with Crippen LogP contribution in [0.25, 0.3) is 10.9 Å². The Bertz CT molecular complexity index is 627. The number of rotatable bonds is 2. The van der Waals surface area contributed by atoms with E-state index < -0.39 is 0 Å². The summed E-state index contributed by atoms with van der Waals surface area (Å²) in [5, 5.41) is 1.27. The highest BCUT2D eigenvalue weighted by Crippen LogP contribution is 2.28. The second-order valence-corrected chi connectivity index (χ2v) is 5.45. The van der Waals surface area contributed by atoms with Crippen molar-refractivity contribution in [3.05, 3.63) is 35.0 Å². The van der Waals surface area contributed by atoms with Gasteiger partial charge < -0.3 is 9.88 Å². The molecular weight excluding hydrogens is 236 g/mol. The Hall–Kier alpha value is -1.77. The maximum absolute atomic E-state index is 12.0. The molecule has 0 spiro atoms. The van der Waals surface area contributed by atoms with Gasteiger partial charge in [0.2, 0.25) is 5.91 Å². The van der Waals surface area contributed by atoms with Gasteiger partial charge in [-0.25, -0.2) is 0 Å². The second kappa shape index (κ2) is 4.72. The van der Waals surface area contributed by atoms with Gasteiger partial charge in [0.15, 0.2) is 0 Å². The van der Waals surface area contributed by atoms with Crippen LogP contribution in [0.4, 0.5) is 0 Å². The standard InChI is InChI=1S/C16H20N2O/c1-3-4-16(19)18-8-7-14-13(10-18)12-6-5-11(2)9-15(12)17-14/h5-6,9,17H,3-4,7-8,10H2,1-2H3. The van der Waals surface area contributed by atoms with Crippen LogP contribution in [0.15, 0.2) is 18.2 Å². The van der Waals surface area contributed by atoms with Gasteiger partial charge in [-0.05, 0) is 25.0 Å². The zero-order chi connectivity index (χ0) is 13.4. The predicted molar refractivity (Wildman–Crippen MR) is 77.1 cm³/mol. The lowest BCUT2D eigenvalue weighted by Gasteiger charge is -2.27. The van der Waals surface area contributed by atoms with Crippen molar-refractivity contribution in [2.45, 2.75) is 39.7 Å². The molecule has 1 N–H and O–H groups in total. The molecule has 0 saturated heterocycles. The van der Waals surface area contributed by atoms with Crippen LogP contribution in [0.2, 0.25) is 0 Å². The van der Waals surface area contributed by atoms with Gasteiger partial charge >= 0.3 is 0 Å². The molecule has 3 rings (SSSR count). The average Bonchev–Trinajstić information content (AvgIpc) is 2.75. The fourth-order valence-electron chi connectivity index (χ4n) is 2.92. The predicted octanol–water partition coefficient (Wildman–Crippen LogP) is 3.16. The van der Waals surface area contributed by atoms with Crippen LogP contribution in [0, 0.1) is 6.92 Å². The van der Waals surface area contributed by atoms with Crippen LogP contribution in [0.1, 0.15) is 36.6 Å². The summed E-state index contributed by atoms with van der Waals surface area (Å²) in [4.78, 5) is 17.5. The van der Waals surface area contributed by atoms with E-state index in [-0.39, 0.29) is 5.91 Å². The molecule has 0 saturated carbocycles. The Balaban J connectivity index is 1.95. The molecule has 0 aliphatic carbocycles. The molecule has 1 aromatic carbocycles. The van der Waals surface area contributed by atoms with Crippen molar-refractivity contribution >= 4 is 16.8 Å². The van der Waals surface area contributed by atoms with Crippen molar-refractivity contribution in [1.82, 2.24) is 9.88 Å². The maximum Gasteiger partial charge on any atom is 0.222 e. The minimum absolute atomic E-state index is 0.287.